The van der Waals surface area contributed by atoms with E-state index in [9.17, 15) is 4.39 Å². The summed E-state index contributed by atoms with van der Waals surface area (Å²) < 4.78 is 14.2. The summed E-state index contributed by atoms with van der Waals surface area (Å²) in [7, 11) is 0. The molecule has 2 aromatic rings. The SMILES string of the molecule is Cc1ccc(C(Cl)c2cc(C)c(Cl)s2)cc1F. The number of thiophene rings is 1. The van der Waals surface area contributed by atoms with E-state index in [0.29, 0.717) is 5.56 Å². The summed E-state index contributed by atoms with van der Waals surface area (Å²) in [5, 5.41) is -0.346. The molecule has 1 atom stereocenters. The van der Waals surface area contributed by atoms with E-state index >= 15 is 0 Å². The lowest BCUT2D eigenvalue weighted by molar-refractivity contribution is 0.616. The molecule has 17 heavy (non-hydrogen) atoms. The average molecular weight is 289 g/mol. The molecule has 0 saturated heterocycles. The van der Waals surface area contributed by atoms with Gasteiger partial charge in [-0.1, -0.05) is 23.7 Å². The maximum absolute atomic E-state index is 13.5. The highest BCUT2D eigenvalue weighted by Gasteiger charge is 2.16. The molecule has 1 heterocycles. The van der Waals surface area contributed by atoms with Crippen molar-refractivity contribution in [2.24, 2.45) is 0 Å². The van der Waals surface area contributed by atoms with E-state index in [1.807, 2.05) is 19.1 Å². The minimum Gasteiger partial charge on any atom is -0.207 e. The maximum Gasteiger partial charge on any atom is 0.126 e. The zero-order valence-electron chi connectivity index (χ0n) is 9.43. The van der Waals surface area contributed by atoms with Crippen LogP contribution in [0.3, 0.4) is 0 Å². The van der Waals surface area contributed by atoms with Gasteiger partial charge < -0.3 is 0 Å². The molecular formula is C13H11Cl2FS. The molecule has 0 radical (unpaired) electrons. The quantitative estimate of drug-likeness (QED) is 0.642. The first-order valence-electron chi connectivity index (χ1n) is 5.15. The lowest BCUT2D eigenvalue weighted by Crippen LogP contribution is -1.92. The Morgan fingerprint density at radius 2 is 1.88 bits per heavy atom. The monoisotopic (exact) mass is 288 g/mol. The van der Waals surface area contributed by atoms with E-state index in [2.05, 4.69) is 0 Å². The van der Waals surface area contributed by atoms with Crippen molar-refractivity contribution in [2.75, 3.05) is 0 Å². The van der Waals surface area contributed by atoms with Crippen LogP contribution >= 0.6 is 34.5 Å². The van der Waals surface area contributed by atoms with Crippen LogP contribution < -0.4 is 0 Å². The highest BCUT2D eigenvalue weighted by molar-refractivity contribution is 7.16. The molecule has 1 unspecified atom stereocenters. The molecule has 90 valence electrons. The van der Waals surface area contributed by atoms with Crippen molar-refractivity contribution in [3.63, 3.8) is 0 Å². The maximum atomic E-state index is 13.5. The molecule has 1 aromatic heterocycles. The molecule has 2 rings (SSSR count). The van der Waals surface area contributed by atoms with Crippen molar-refractivity contribution in [1.82, 2.24) is 0 Å². The van der Waals surface area contributed by atoms with Crippen LogP contribution in [0.25, 0.3) is 0 Å². The van der Waals surface area contributed by atoms with Gasteiger partial charge in [-0.15, -0.1) is 22.9 Å². The van der Waals surface area contributed by atoms with Gasteiger partial charge in [0.25, 0.3) is 0 Å². The van der Waals surface area contributed by atoms with Gasteiger partial charge in [0, 0.05) is 4.88 Å². The molecule has 0 bridgehead atoms. The molecule has 0 nitrogen and oxygen atoms in total. The molecule has 0 amide bonds. The summed E-state index contributed by atoms with van der Waals surface area (Å²) in [5.41, 5.74) is 2.38. The van der Waals surface area contributed by atoms with Gasteiger partial charge in [0.2, 0.25) is 0 Å². The molecule has 0 spiro atoms. The third kappa shape index (κ3) is 2.65. The van der Waals surface area contributed by atoms with E-state index in [1.54, 1.807) is 13.0 Å². The summed E-state index contributed by atoms with van der Waals surface area (Å²) >= 11 is 13.8. The number of aryl methyl sites for hydroxylation is 2. The molecule has 0 aliphatic heterocycles. The lowest BCUT2D eigenvalue weighted by Gasteiger charge is -2.08. The third-order valence-corrected chi connectivity index (χ3v) is 4.85. The van der Waals surface area contributed by atoms with Gasteiger partial charge in [0.1, 0.15) is 5.82 Å². The standard InChI is InChI=1S/C13H11Cl2FS/c1-7-3-4-9(6-10(7)16)12(14)11-5-8(2)13(15)17-11/h3-6,12H,1-2H3. The zero-order chi connectivity index (χ0) is 12.6. The normalized spacial score (nSPS) is 12.8. The molecule has 4 heteroatoms. The zero-order valence-corrected chi connectivity index (χ0v) is 11.8. The van der Waals surface area contributed by atoms with Gasteiger partial charge in [0.05, 0.1) is 9.71 Å². The fraction of sp³-hybridized carbons (Fsp3) is 0.231. The van der Waals surface area contributed by atoms with Crippen molar-refractivity contribution in [1.29, 1.82) is 0 Å². The summed E-state index contributed by atoms with van der Waals surface area (Å²) in [6.07, 6.45) is 0. The summed E-state index contributed by atoms with van der Waals surface area (Å²) in [5.74, 6) is -0.229. The first-order valence-corrected chi connectivity index (χ1v) is 6.78. The molecule has 0 aliphatic rings. The Morgan fingerprint density at radius 3 is 2.41 bits per heavy atom. The minimum absolute atomic E-state index is 0.229. The second-order valence-corrected chi connectivity index (χ2v) is 6.10. The van der Waals surface area contributed by atoms with Crippen LogP contribution in [0.15, 0.2) is 24.3 Å². The van der Waals surface area contributed by atoms with Gasteiger partial charge in [-0.25, -0.2) is 4.39 Å². The fourth-order valence-corrected chi connectivity index (χ4v) is 3.10. The highest BCUT2D eigenvalue weighted by atomic mass is 35.5. The highest BCUT2D eigenvalue weighted by Crippen LogP contribution is 2.37. The number of rotatable bonds is 2. The smallest absolute Gasteiger partial charge is 0.126 e. The second kappa shape index (κ2) is 4.97. The van der Waals surface area contributed by atoms with Crippen LogP contribution in [0.1, 0.15) is 26.9 Å². The Kier molecular flexibility index (Phi) is 3.76. The molecule has 0 aliphatic carbocycles. The van der Waals surface area contributed by atoms with Crippen LogP contribution in [0.5, 0.6) is 0 Å². The summed E-state index contributed by atoms with van der Waals surface area (Å²) in [4.78, 5) is 0.942. The number of benzene rings is 1. The Labute approximate surface area is 114 Å². The minimum atomic E-state index is -0.346. The summed E-state index contributed by atoms with van der Waals surface area (Å²) in [6.45, 7) is 3.66. The predicted octanol–water partition coefficient (Wildman–Crippen LogP) is 5.49. The summed E-state index contributed by atoms with van der Waals surface area (Å²) in [6, 6.07) is 7.01. The van der Waals surface area contributed by atoms with Gasteiger partial charge in [0.15, 0.2) is 0 Å². The molecule has 0 N–H and O–H groups in total. The fourth-order valence-electron chi connectivity index (χ4n) is 1.54. The van der Waals surface area contributed by atoms with Crippen LogP contribution in [0.4, 0.5) is 4.39 Å². The van der Waals surface area contributed by atoms with Crippen LogP contribution in [0, 0.1) is 19.7 Å². The van der Waals surface area contributed by atoms with Crippen LogP contribution in [-0.2, 0) is 0 Å². The average Bonchev–Trinajstić information content (AvgIpc) is 2.62. The van der Waals surface area contributed by atoms with Crippen molar-refractivity contribution in [3.05, 3.63) is 56.0 Å². The molecule has 0 fully saturated rings. The van der Waals surface area contributed by atoms with E-state index in [-0.39, 0.29) is 11.2 Å². The molecule has 1 aromatic carbocycles. The Balaban J connectivity index is 2.36. The Hall–Kier alpha value is -0.570. The lowest BCUT2D eigenvalue weighted by atomic mass is 10.1. The molecular weight excluding hydrogens is 278 g/mol. The van der Waals surface area contributed by atoms with E-state index < -0.39 is 0 Å². The van der Waals surface area contributed by atoms with Gasteiger partial charge >= 0.3 is 0 Å². The van der Waals surface area contributed by atoms with Crippen molar-refractivity contribution < 1.29 is 4.39 Å². The predicted molar refractivity (Wildman–Crippen MR) is 72.9 cm³/mol. The van der Waals surface area contributed by atoms with Crippen LogP contribution in [-0.4, -0.2) is 0 Å². The third-order valence-electron chi connectivity index (χ3n) is 2.61. The second-order valence-electron chi connectivity index (χ2n) is 3.98. The number of hydrogen-bond acceptors (Lipinski definition) is 1. The van der Waals surface area contributed by atoms with Crippen molar-refractivity contribution >= 4 is 34.5 Å². The Morgan fingerprint density at radius 1 is 1.18 bits per heavy atom. The van der Waals surface area contributed by atoms with E-state index in [4.69, 9.17) is 23.2 Å². The number of halogens is 3. The first-order chi connectivity index (χ1) is 7.99. The van der Waals surface area contributed by atoms with Gasteiger partial charge in [-0.3, -0.25) is 0 Å². The van der Waals surface area contributed by atoms with Crippen molar-refractivity contribution in [3.8, 4) is 0 Å². The van der Waals surface area contributed by atoms with Gasteiger partial charge in [-0.05, 0) is 42.7 Å². The van der Waals surface area contributed by atoms with E-state index in [0.717, 1.165) is 20.3 Å². The van der Waals surface area contributed by atoms with E-state index in [1.165, 1.54) is 17.4 Å². The van der Waals surface area contributed by atoms with Crippen LogP contribution in [0.2, 0.25) is 4.34 Å². The first kappa shape index (κ1) is 12.9. The molecule has 0 saturated carbocycles. The largest absolute Gasteiger partial charge is 0.207 e. The topological polar surface area (TPSA) is 0 Å². The van der Waals surface area contributed by atoms with Crippen molar-refractivity contribution in [2.45, 2.75) is 19.2 Å². The number of alkyl halides is 1. The van der Waals surface area contributed by atoms with Gasteiger partial charge in [-0.2, -0.15) is 0 Å². The Bertz CT molecular complexity index is 529. The number of hydrogen-bond donors (Lipinski definition) is 0.